The Morgan fingerprint density at radius 1 is 1.38 bits per heavy atom. The summed E-state index contributed by atoms with van der Waals surface area (Å²) in [5, 5.41) is 14.0. The number of nitrogens with one attached hydrogen (secondary N) is 1. The van der Waals surface area contributed by atoms with Crippen LogP contribution < -0.4 is 10.1 Å². The average Bonchev–Trinajstić information content (AvgIpc) is 2.49. The molecule has 21 heavy (non-hydrogen) atoms. The maximum atomic E-state index is 10.6. The van der Waals surface area contributed by atoms with Crippen LogP contribution in [0.3, 0.4) is 0 Å². The molecule has 2 aromatic rings. The summed E-state index contributed by atoms with van der Waals surface area (Å²) in [6.45, 7) is 0.581. The van der Waals surface area contributed by atoms with E-state index in [1.54, 1.807) is 12.1 Å². The van der Waals surface area contributed by atoms with Gasteiger partial charge in [0.1, 0.15) is 5.02 Å². The fourth-order valence-electron chi connectivity index (χ4n) is 1.68. The topological polar surface area (TPSA) is 90.2 Å². The van der Waals surface area contributed by atoms with E-state index in [4.69, 9.17) is 16.3 Å². The molecule has 1 aromatic heterocycles. The van der Waals surface area contributed by atoms with Crippen LogP contribution in [0, 0.1) is 10.1 Å². The van der Waals surface area contributed by atoms with Gasteiger partial charge in [-0.05, 0) is 12.0 Å². The van der Waals surface area contributed by atoms with Gasteiger partial charge in [0.15, 0.2) is 5.82 Å². The number of benzene rings is 1. The highest BCUT2D eigenvalue weighted by molar-refractivity contribution is 6.32. The molecule has 0 saturated carbocycles. The minimum Gasteiger partial charge on any atom is -0.467 e. The molecule has 1 heterocycles. The zero-order valence-corrected chi connectivity index (χ0v) is 12.0. The fraction of sp³-hybridized carbons (Fsp3) is 0.231. The highest BCUT2D eigenvalue weighted by Gasteiger charge is 2.06. The van der Waals surface area contributed by atoms with Gasteiger partial charge in [0.05, 0.1) is 18.2 Å². The molecule has 7 nitrogen and oxygen atoms in total. The van der Waals surface area contributed by atoms with Crippen LogP contribution in [0.15, 0.2) is 30.5 Å². The summed E-state index contributed by atoms with van der Waals surface area (Å²) in [6, 6.07) is 6.65. The number of rotatable bonds is 6. The van der Waals surface area contributed by atoms with Gasteiger partial charge in [0, 0.05) is 18.7 Å². The zero-order chi connectivity index (χ0) is 15.2. The van der Waals surface area contributed by atoms with Crippen LogP contribution in [0.25, 0.3) is 0 Å². The lowest BCUT2D eigenvalue weighted by atomic mass is 10.1. The van der Waals surface area contributed by atoms with E-state index in [-0.39, 0.29) is 11.7 Å². The summed E-state index contributed by atoms with van der Waals surface area (Å²) in [6.07, 6.45) is 2.14. The molecule has 1 N–H and O–H groups in total. The summed E-state index contributed by atoms with van der Waals surface area (Å²) in [7, 11) is 1.48. The van der Waals surface area contributed by atoms with E-state index in [1.807, 2.05) is 0 Å². The van der Waals surface area contributed by atoms with Gasteiger partial charge >= 0.3 is 6.01 Å². The van der Waals surface area contributed by atoms with Crippen molar-refractivity contribution in [2.45, 2.75) is 6.42 Å². The lowest BCUT2D eigenvalue weighted by Gasteiger charge is -2.08. The number of ether oxygens (including phenoxy) is 1. The van der Waals surface area contributed by atoms with Crippen LogP contribution >= 0.6 is 11.6 Å². The van der Waals surface area contributed by atoms with Crippen molar-refractivity contribution >= 4 is 23.1 Å². The lowest BCUT2D eigenvalue weighted by Crippen LogP contribution is -2.08. The van der Waals surface area contributed by atoms with E-state index in [2.05, 4.69) is 15.3 Å². The molecule has 0 amide bonds. The molecule has 0 atom stereocenters. The van der Waals surface area contributed by atoms with E-state index in [9.17, 15) is 10.1 Å². The third-order valence-corrected chi connectivity index (χ3v) is 3.03. The van der Waals surface area contributed by atoms with Crippen molar-refractivity contribution in [3.63, 3.8) is 0 Å². The molecule has 0 radical (unpaired) electrons. The highest BCUT2D eigenvalue weighted by atomic mass is 35.5. The van der Waals surface area contributed by atoms with Crippen LogP contribution in [-0.2, 0) is 6.42 Å². The van der Waals surface area contributed by atoms with Gasteiger partial charge in [-0.25, -0.2) is 4.98 Å². The number of halogens is 1. The third-order valence-electron chi connectivity index (χ3n) is 2.76. The van der Waals surface area contributed by atoms with Gasteiger partial charge in [-0.15, -0.1) is 0 Å². The Morgan fingerprint density at radius 3 is 2.71 bits per heavy atom. The van der Waals surface area contributed by atoms with Crippen molar-refractivity contribution in [1.82, 2.24) is 9.97 Å². The number of nitrogens with zero attached hydrogens (tertiary/aromatic N) is 3. The molecule has 0 spiro atoms. The second kappa shape index (κ2) is 6.85. The van der Waals surface area contributed by atoms with Gasteiger partial charge in [0.2, 0.25) is 0 Å². The van der Waals surface area contributed by atoms with Crippen LogP contribution in [0.1, 0.15) is 5.56 Å². The maximum Gasteiger partial charge on any atom is 0.318 e. The Bertz CT molecular complexity index is 634. The normalized spacial score (nSPS) is 10.2. The second-order valence-electron chi connectivity index (χ2n) is 4.15. The highest BCUT2D eigenvalue weighted by Crippen LogP contribution is 2.20. The first-order valence-corrected chi connectivity index (χ1v) is 6.51. The molecular weight excluding hydrogens is 296 g/mol. The number of anilines is 1. The molecule has 0 aliphatic heterocycles. The summed E-state index contributed by atoms with van der Waals surface area (Å²) in [5.41, 5.74) is 1.06. The molecule has 0 aliphatic rings. The zero-order valence-electron chi connectivity index (χ0n) is 11.2. The second-order valence-corrected chi connectivity index (χ2v) is 4.56. The number of non-ortho nitro benzene ring substituents is 1. The van der Waals surface area contributed by atoms with Crippen molar-refractivity contribution in [1.29, 1.82) is 0 Å². The quantitative estimate of drug-likeness (QED) is 0.652. The Labute approximate surface area is 126 Å². The van der Waals surface area contributed by atoms with Crippen molar-refractivity contribution in [2.24, 2.45) is 0 Å². The van der Waals surface area contributed by atoms with Gasteiger partial charge in [-0.1, -0.05) is 23.7 Å². The molecule has 0 bridgehead atoms. The van der Waals surface area contributed by atoms with E-state index in [0.29, 0.717) is 23.8 Å². The Morgan fingerprint density at radius 2 is 2.10 bits per heavy atom. The molecule has 0 unspecified atom stereocenters. The van der Waals surface area contributed by atoms with Crippen LogP contribution in [0.2, 0.25) is 5.02 Å². The maximum absolute atomic E-state index is 10.6. The van der Waals surface area contributed by atoms with E-state index in [1.165, 1.54) is 25.4 Å². The monoisotopic (exact) mass is 308 g/mol. The van der Waals surface area contributed by atoms with Crippen LogP contribution in [-0.4, -0.2) is 28.5 Å². The van der Waals surface area contributed by atoms with E-state index < -0.39 is 4.92 Å². The van der Waals surface area contributed by atoms with Crippen molar-refractivity contribution in [3.8, 4) is 6.01 Å². The minimum absolute atomic E-state index is 0.0790. The number of aromatic nitrogens is 2. The minimum atomic E-state index is -0.422. The predicted molar refractivity (Wildman–Crippen MR) is 78.9 cm³/mol. The largest absolute Gasteiger partial charge is 0.467 e. The molecule has 110 valence electrons. The molecule has 2 rings (SSSR count). The number of nitro groups is 1. The smallest absolute Gasteiger partial charge is 0.318 e. The number of nitro benzene ring substituents is 1. The van der Waals surface area contributed by atoms with Crippen molar-refractivity contribution in [2.75, 3.05) is 19.0 Å². The first-order valence-electron chi connectivity index (χ1n) is 6.14. The summed E-state index contributed by atoms with van der Waals surface area (Å²) >= 11 is 5.97. The Balaban J connectivity index is 1.93. The number of hydrogen-bond donors (Lipinski definition) is 1. The lowest BCUT2D eigenvalue weighted by molar-refractivity contribution is -0.384. The standard InChI is InChI=1S/C13H13ClN4O3/c1-21-13-16-8-11(14)12(17-13)15-7-6-9-2-4-10(5-3-9)18(19)20/h2-5,8H,6-7H2,1H3,(H,15,16,17). The first-order chi connectivity index (χ1) is 10.1. The molecule has 1 aromatic carbocycles. The van der Waals surface area contributed by atoms with Gasteiger partial charge in [-0.2, -0.15) is 4.98 Å². The van der Waals surface area contributed by atoms with Crippen molar-refractivity contribution in [3.05, 3.63) is 51.2 Å². The van der Waals surface area contributed by atoms with Gasteiger partial charge in [0.25, 0.3) is 5.69 Å². The molecule has 0 aliphatic carbocycles. The Hall–Kier alpha value is -2.41. The van der Waals surface area contributed by atoms with Crippen molar-refractivity contribution < 1.29 is 9.66 Å². The van der Waals surface area contributed by atoms with E-state index in [0.717, 1.165) is 5.56 Å². The van der Waals surface area contributed by atoms with Gasteiger partial charge < -0.3 is 10.1 Å². The molecule has 8 heteroatoms. The first kappa shape index (κ1) is 15.0. The summed E-state index contributed by atoms with van der Waals surface area (Å²) in [4.78, 5) is 18.1. The number of methoxy groups -OCH3 is 1. The number of hydrogen-bond acceptors (Lipinski definition) is 6. The summed E-state index contributed by atoms with van der Waals surface area (Å²) < 4.78 is 4.93. The SMILES string of the molecule is COc1ncc(Cl)c(NCCc2ccc([N+](=O)[O-])cc2)n1. The Kier molecular flexibility index (Phi) is 4.89. The van der Waals surface area contributed by atoms with Gasteiger partial charge in [-0.3, -0.25) is 10.1 Å². The average molecular weight is 309 g/mol. The van der Waals surface area contributed by atoms with Crippen LogP contribution in [0.4, 0.5) is 11.5 Å². The molecular formula is C13H13ClN4O3. The van der Waals surface area contributed by atoms with Crippen LogP contribution in [0.5, 0.6) is 6.01 Å². The molecule has 0 saturated heterocycles. The molecule has 0 fully saturated rings. The van der Waals surface area contributed by atoms with E-state index >= 15 is 0 Å². The fourth-order valence-corrected chi connectivity index (χ4v) is 1.84. The predicted octanol–water partition coefficient (Wildman–Crippen LogP) is 2.70. The third kappa shape index (κ3) is 4.03. The summed E-state index contributed by atoms with van der Waals surface area (Å²) in [5.74, 6) is 0.491.